The molecule has 2 aromatic carbocycles. The Morgan fingerprint density at radius 1 is 1.03 bits per heavy atom. The van der Waals surface area contributed by atoms with Gasteiger partial charge in [-0.1, -0.05) is 18.2 Å². The van der Waals surface area contributed by atoms with Gasteiger partial charge in [-0.25, -0.2) is 9.13 Å². The number of ether oxygens (including phenoxy) is 1. The zero-order valence-corrected chi connectivity index (χ0v) is 21.0. The Hall–Kier alpha value is -4.53. The average Bonchev–Trinajstić information content (AvgIpc) is 3.33. The molecule has 0 radical (unpaired) electrons. The fourth-order valence-electron chi connectivity index (χ4n) is 4.63. The number of amides is 3. The van der Waals surface area contributed by atoms with Crippen molar-refractivity contribution in [2.24, 2.45) is 0 Å². The number of hydrogen-bond donors (Lipinski definition) is 0. The van der Waals surface area contributed by atoms with Crippen LogP contribution in [-0.2, 0) is 24.4 Å². The Bertz CT molecular complexity index is 1480. The molecule has 3 heterocycles. The van der Waals surface area contributed by atoms with Gasteiger partial charge in [0.15, 0.2) is 17.6 Å². The summed E-state index contributed by atoms with van der Waals surface area (Å²) in [5, 5.41) is 0. The van der Waals surface area contributed by atoms with Crippen LogP contribution in [0.2, 0.25) is 0 Å². The van der Waals surface area contributed by atoms with Crippen molar-refractivity contribution in [2.45, 2.75) is 26.6 Å². The lowest BCUT2D eigenvalue weighted by molar-refractivity contribution is -0.671. The lowest BCUT2D eigenvalue weighted by Gasteiger charge is -2.13. The summed E-state index contributed by atoms with van der Waals surface area (Å²) < 4.78 is 9.96. The number of hydrogen-bond acceptors (Lipinski definition) is 5. The molecular formula is C28H28N5O4+. The first-order chi connectivity index (χ1) is 17.9. The van der Waals surface area contributed by atoms with Gasteiger partial charge >= 0.3 is 0 Å². The lowest BCUT2D eigenvalue weighted by atomic mass is 10.1. The van der Waals surface area contributed by atoms with E-state index in [1.165, 1.54) is 9.80 Å². The summed E-state index contributed by atoms with van der Waals surface area (Å²) in [5.74, 6) is 0.636. The van der Waals surface area contributed by atoms with Gasteiger partial charge in [0.2, 0.25) is 0 Å². The molecule has 37 heavy (non-hydrogen) atoms. The number of likely N-dealkylation sites (N-methyl/N-ethyl adjacent to an activating group) is 1. The number of carbonyl (C=O) groups excluding carboxylic acids is 3. The summed E-state index contributed by atoms with van der Waals surface area (Å²) in [6.07, 6.45) is 3.53. The highest BCUT2D eigenvalue weighted by atomic mass is 16.5. The van der Waals surface area contributed by atoms with Crippen LogP contribution < -0.4 is 9.30 Å². The number of pyridine rings is 1. The minimum Gasteiger partial charge on any atom is -0.484 e. The van der Waals surface area contributed by atoms with Gasteiger partial charge in [0.1, 0.15) is 18.8 Å². The zero-order chi connectivity index (χ0) is 26.1. The second-order valence-electron chi connectivity index (χ2n) is 9.08. The Morgan fingerprint density at radius 2 is 1.76 bits per heavy atom. The summed E-state index contributed by atoms with van der Waals surface area (Å²) in [7, 11) is 3.37. The van der Waals surface area contributed by atoms with Crippen LogP contribution in [0.3, 0.4) is 0 Å². The van der Waals surface area contributed by atoms with E-state index in [-0.39, 0.29) is 30.9 Å². The number of rotatable bonds is 8. The second kappa shape index (κ2) is 9.85. The standard InChI is InChI=1S/C28H28N5O4/c1-4-31-24-14-20(37-18-26(34)30(2)3)11-12-23(24)32(16-19-8-7-13-29-15-19)25(31)17-33-27(35)21-9-5-6-10-22(21)28(33)36/h5-15H,4,16-18H2,1-3H3/q+1. The molecule has 0 N–H and O–H groups in total. The van der Waals surface area contributed by atoms with Gasteiger partial charge in [-0.05, 0) is 37.3 Å². The van der Waals surface area contributed by atoms with Crippen molar-refractivity contribution in [2.75, 3.05) is 20.7 Å². The van der Waals surface area contributed by atoms with Crippen LogP contribution in [-0.4, -0.2) is 57.8 Å². The van der Waals surface area contributed by atoms with Crippen LogP contribution in [0.5, 0.6) is 5.75 Å². The number of fused-ring (bicyclic) bond motifs is 2. The molecule has 0 saturated heterocycles. The summed E-state index contributed by atoms with van der Waals surface area (Å²) in [4.78, 5) is 45.4. The Labute approximate surface area is 214 Å². The van der Waals surface area contributed by atoms with E-state index in [9.17, 15) is 14.4 Å². The third-order valence-corrected chi connectivity index (χ3v) is 6.57. The minimum absolute atomic E-state index is 0.0665. The van der Waals surface area contributed by atoms with Crippen molar-refractivity contribution >= 4 is 28.8 Å². The Balaban J connectivity index is 1.58. The number of aromatic nitrogens is 3. The molecule has 2 aromatic heterocycles. The van der Waals surface area contributed by atoms with Crippen molar-refractivity contribution in [3.63, 3.8) is 0 Å². The fourth-order valence-corrected chi connectivity index (χ4v) is 4.63. The quantitative estimate of drug-likeness (QED) is 0.275. The molecule has 1 aliphatic heterocycles. The fraction of sp³-hybridized carbons (Fsp3) is 0.250. The predicted octanol–water partition coefficient (Wildman–Crippen LogP) is 2.66. The number of carbonyl (C=O) groups is 3. The van der Waals surface area contributed by atoms with E-state index in [2.05, 4.69) is 14.1 Å². The maximum absolute atomic E-state index is 13.2. The van der Waals surface area contributed by atoms with Crippen molar-refractivity contribution in [1.82, 2.24) is 19.4 Å². The highest BCUT2D eigenvalue weighted by Crippen LogP contribution is 2.27. The largest absolute Gasteiger partial charge is 0.484 e. The lowest BCUT2D eigenvalue weighted by Crippen LogP contribution is -2.43. The molecule has 0 atom stereocenters. The molecule has 9 nitrogen and oxygen atoms in total. The molecule has 188 valence electrons. The van der Waals surface area contributed by atoms with Gasteiger partial charge in [-0.3, -0.25) is 24.3 Å². The molecule has 0 fully saturated rings. The third kappa shape index (κ3) is 4.44. The van der Waals surface area contributed by atoms with Crippen LogP contribution in [0, 0.1) is 0 Å². The van der Waals surface area contributed by atoms with E-state index in [0.717, 1.165) is 22.4 Å². The molecule has 0 saturated carbocycles. The van der Waals surface area contributed by atoms with E-state index in [4.69, 9.17) is 4.74 Å². The second-order valence-corrected chi connectivity index (χ2v) is 9.08. The first-order valence-electron chi connectivity index (χ1n) is 12.1. The van der Waals surface area contributed by atoms with Crippen molar-refractivity contribution in [1.29, 1.82) is 0 Å². The smallest absolute Gasteiger partial charge is 0.278 e. The Morgan fingerprint density at radius 3 is 2.38 bits per heavy atom. The van der Waals surface area contributed by atoms with Crippen LogP contribution in [0.4, 0.5) is 0 Å². The molecule has 4 aromatic rings. The highest BCUT2D eigenvalue weighted by molar-refractivity contribution is 6.21. The summed E-state index contributed by atoms with van der Waals surface area (Å²) in [5.41, 5.74) is 3.64. The van der Waals surface area contributed by atoms with Crippen LogP contribution in [0.15, 0.2) is 67.0 Å². The average molecular weight is 499 g/mol. The van der Waals surface area contributed by atoms with Crippen LogP contribution >= 0.6 is 0 Å². The number of imide groups is 1. The van der Waals surface area contributed by atoms with E-state index in [0.29, 0.717) is 30.0 Å². The van der Waals surface area contributed by atoms with E-state index >= 15 is 0 Å². The Kier molecular flexibility index (Phi) is 6.43. The summed E-state index contributed by atoms with van der Waals surface area (Å²) in [6.45, 7) is 3.18. The summed E-state index contributed by atoms with van der Waals surface area (Å²) in [6, 6.07) is 16.4. The zero-order valence-electron chi connectivity index (χ0n) is 21.0. The van der Waals surface area contributed by atoms with Gasteiger partial charge in [-0.15, -0.1) is 0 Å². The maximum Gasteiger partial charge on any atom is 0.278 e. The third-order valence-electron chi connectivity index (χ3n) is 6.57. The number of aryl methyl sites for hydroxylation is 1. The van der Waals surface area contributed by atoms with Gasteiger partial charge in [-0.2, -0.15) is 0 Å². The first-order valence-corrected chi connectivity index (χ1v) is 12.1. The van der Waals surface area contributed by atoms with Crippen molar-refractivity contribution < 1.29 is 23.7 Å². The molecule has 9 heteroatoms. The SMILES string of the molecule is CCn1c(CN2C(=O)c3ccccc3C2=O)[n+](Cc2cccnc2)c2ccc(OCC(=O)N(C)C)cc21. The van der Waals surface area contributed by atoms with E-state index in [1.807, 2.05) is 37.3 Å². The molecule has 1 aliphatic rings. The molecular weight excluding hydrogens is 470 g/mol. The molecule has 3 amide bonds. The minimum atomic E-state index is -0.298. The van der Waals surface area contributed by atoms with Gasteiger partial charge < -0.3 is 9.64 Å². The van der Waals surface area contributed by atoms with Crippen molar-refractivity contribution in [3.05, 3.63) is 89.5 Å². The molecule has 0 unspecified atom stereocenters. The maximum atomic E-state index is 13.2. The molecule has 0 bridgehead atoms. The highest BCUT2D eigenvalue weighted by Gasteiger charge is 2.38. The predicted molar refractivity (Wildman–Crippen MR) is 136 cm³/mol. The van der Waals surface area contributed by atoms with Gasteiger partial charge in [0.05, 0.1) is 17.7 Å². The van der Waals surface area contributed by atoms with Gasteiger partial charge in [0, 0.05) is 38.1 Å². The van der Waals surface area contributed by atoms with Gasteiger partial charge in [0.25, 0.3) is 23.5 Å². The monoisotopic (exact) mass is 498 g/mol. The molecule has 5 rings (SSSR count). The molecule has 0 aliphatic carbocycles. The van der Waals surface area contributed by atoms with E-state index < -0.39 is 0 Å². The number of nitrogens with zero attached hydrogens (tertiary/aromatic N) is 5. The number of imidazole rings is 1. The first kappa shape index (κ1) is 24.2. The van der Waals surface area contributed by atoms with Crippen LogP contribution in [0.25, 0.3) is 11.0 Å². The molecule has 0 spiro atoms. The normalized spacial score (nSPS) is 12.8. The summed E-state index contributed by atoms with van der Waals surface area (Å²) >= 11 is 0. The van der Waals surface area contributed by atoms with Crippen molar-refractivity contribution in [3.8, 4) is 5.75 Å². The topological polar surface area (TPSA) is 88.6 Å². The number of benzene rings is 2. The van der Waals surface area contributed by atoms with Crippen LogP contribution in [0.1, 0.15) is 39.0 Å². The van der Waals surface area contributed by atoms with E-state index in [1.54, 1.807) is 50.8 Å².